The number of thiazole rings is 1. The number of hydrogen-bond acceptors (Lipinski definition) is 6. The lowest BCUT2D eigenvalue weighted by Crippen LogP contribution is -2.45. The molecule has 0 saturated heterocycles. The van der Waals surface area contributed by atoms with Crippen molar-refractivity contribution in [1.29, 1.82) is 0 Å². The molecule has 1 aromatic heterocycles. The number of ether oxygens (including phenoxy) is 2. The second-order valence-corrected chi connectivity index (χ2v) is 10.5. The summed E-state index contributed by atoms with van der Waals surface area (Å²) >= 11 is 1.39. The lowest BCUT2D eigenvalue weighted by molar-refractivity contribution is 0.0595. The molecular weight excluding hydrogens is 498 g/mol. The van der Waals surface area contributed by atoms with Crippen LogP contribution in [0.4, 0.5) is 0 Å². The Kier molecular flexibility index (Phi) is 10.3. The smallest absolute Gasteiger partial charge is 0.266 e. The van der Waals surface area contributed by atoms with E-state index in [2.05, 4.69) is 17.1 Å². The summed E-state index contributed by atoms with van der Waals surface area (Å²) in [6.07, 6.45) is 4.40. The van der Waals surface area contributed by atoms with Gasteiger partial charge in [0.15, 0.2) is 0 Å². The lowest BCUT2D eigenvalue weighted by Gasteiger charge is -2.33. The average Bonchev–Trinajstić information content (AvgIpc) is 3.38. The van der Waals surface area contributed by atoms with Gasteiger partial charge in [-0.15, -0.1) is 11.3 Å². The van der Waals surface area contributed by atoms with Gasteiger partial charge in [-0.25, -0.2) is 4.98 Å². The van der Waals surface area contributed by atoms with E-state index in [9.17, 15) is 9.59 Å². The van der Waals surface area contributed by atoms with E-state index in [1.165, 1.54) is 11.3 Å². The molecule has 1 aliphatic heterocycles. The van der Waals surface area contributed by atoms with Crippen LogP contribution in [0, 0.1) is 6.92 Å². The Labute approximate surface area is 229 Å². The Bertz CT molecular complexity index is 1180. The molecule has 2 aromatic carbocycles. The molecule has 0 bridgehead atoms. The van der Waals surface area contributed by atoms with Gasteiger partial charge in [-0.1, -0.05) is 55.3 Å². The number of carbonyl (C=O) groups excluding carboxylic acids is 2. The number of fused-ring (bicyclic) bond motifs is 1. The number of rotatable bonds is 6. The summed E-state index contributed by atoms with van der Waals surface area (Å²) in [5.74, 6) is 0.482. The number of methoxy groups -OCH3 is 1. The molecule has 8 heteroatoms. The van der Waals surface area contributed by atoms with Gasteiger partial charge in [0.05, 0.1) is 29.4 Å². The van der Waals surface area contributed by atoms with Crippen molar-refractivity contribution in [2.24, 2.45) is 0 Å². The van der Waals surface area contributed by atoms with E-state index in [1.807, 2.05) is 59.2 Å². The predicted octanol–water partition coefficient (Wildman–Crippen LogP) is 5.25. The minimum absolute atomic E-state index is 0.00303. The van der Waals surface area contributed by atoms with Crippen LogP contribution >= 0.6 is 11.3 Å². The Balaban J connectivity index is 1.67. The molecule has 2 heterocycles. The number of aromatic nitrogens is 1. The van der Waals surface area contributed by atoms with Gasteiger partial charge < -0.3 is 19.3 Å². The Hall–Kier alpha value is -3.23. The van der Waals surface area contributed by atoms with Gasteiger partial charge in [0.1, 0.15) is 17.2 Å². The van der Waals surface area contributed by atoms with Crippen LogP contribution in [0.3, 0.4) is 0 Å². The maximum absolute atomic E-state index is 13.8. The third kappa shape index (κ3) is 7.20. The maximum atomic E-state index is 13.8. The van der Waals surface area contributed by atoms with Crippen LogP contribution < -0.4 is 4.74 Å². The molecular formula is C30H37N3O4S. The fourth-order valence-corrected chi connectivity index (χ4v) is 5.57. The van der Waals surface area contributed by atoms with E-state index < -0.39 is 0 Å². The molecule has 0 N–H and O–H groups in total. The van der Waals surface area contributed by atoms with Crippen molar-refractivity contribution in [3.8, 4) is 5.75 Å². The number of para-hydroxylation sites is 1. The topological polar surface area (TPSA) is 72.0 Å². The van der Waals surface area contributed by atoms with Crippen molar-refractivity contribution in [3.05, 3.63) is 81.8 Å². The molecule has 1 aliphatic rings. The molecule has 0 radical (unpaired) electrons. The van der Waals surface area contributed by atoms with Gasteiger partial charge >= 0.3 is 0 Å². The van der Waals surface area contributed by atoms with E-state index in [1.54, 1.807) is 12.6 Å². The van der Waals surface area contributed by atoms with E-state index >= 15 is 0 Å². The van der Waals surface area contributed by atoms with E-state index in [0.29, 0.717) is 48.9 Å². The first-order valence-electron chi connectivity index (χ1n) is 13.3. The molecule has 202 valence electrons. The van der Waals surface area contributed by atoms with E-state index in [-0.39, 0.29) is 24.5 Å². The molecule has 2 amide bonds. The Morgan fingerprint density at radius 1 is 1.05 bits per heavy atom. The number of amides is 2. The second-order valence-electron chi connectivity index (χ2n) is 9.62. The molecule has 0 aliphatic carbocycles. The molecule has 0 saturated carbocycles. The summed E-state index contributed by atoms with van der Waals surface area (Å²) < 4.78 is 11.7. The van der Waals surface area contributed by atoms with E-state index in [4.69, 9.17) is 9.47 Å². The van der Waals surface area contributed by atoms with Gasteiger partial charge in [-0.2, -0.15) is 0 Å². The molecule has 38 heavy (non-hydrogen) atoms. The Morgan fingerprint density at radius 3 is 2.53 bits per heavy atom. The van der Waals surface area contributed by atoms with Crippen molar-refractivity contribution in [3.63, 3.8) is 0 Å². The number of nitrogens with zero attached hydrogens (tertiary/aromatic N) is 3. The first-order valence-corrected chi connectivity index (χ1v) is 14.2. The molecule has 4 rings (SSSR count). The minimum atomic E-state index is -0.206. The highest BCUT2D eigenvalue weighted by atomic mass is 32.1. The first kappa shape index (κ1) is 27.8. The fourth-order valence-electron chi connectivity index (χ4n) is 4.81. The van der Waals surface area contributed by atoms with Gasteiger partial charge in [-0.3, -0.25) is 9.59 Å². The van der Waals surface area contributed by atoms with Crippen molar-refractivity contribution in [2.75, 3.05) is 40.0 Å². The normalized spacial score (nSPS) is 17.4. The quantitative estimate of drug-likeness (QED) is 0.431. The third-order valence-corrected chi connectivity index (χ3v) is 7.85. The zero-order valence-corrected chi connectivity index (χ0v) is 23.1. The van der Waals surface area contributed by atoms with Gasteiger partial charge in [-0.05, 0) is 43.9 Å². The largest absolute Gasteiger partial charge is 0.491 e. The molecule has 3 aromatic rings. The van der Waals surface area contributed by atoms with E-state index in [0.717, 1.165) is 36.9 Å². The summed E-state index contributed by atoms with van der Waals surface area (Å²) in [7, 11) is 1.65. The molecule has 0 unspecified atom stereocenters. The standard InChI is InChI=1S/C30H37N3O4S/c1-23-28(38-22-31-23)30(35)33-17-11-4-3-10-16-32(18-19-36-2)29(34)26-14-8-9-15-27(26)37-21-25(33)20-24-12-6-5-7-13-24/h5-9,12-15,22,25H,3-4,10-11,16-21H2,1-2H3/t25-/m0/s1. The van der Waals surface area contributed by atoms with Crippen molar-refractivity contribution in [1.82, 2.24) is 14.8 Å². The van der Waals surface area contributed by atoms with Crippen LogP contribution in [0.2, 0.25) is 0 Å². The molecule has 7 nitrogen and oxygen atoms in total. The fraction of sp³-hybridized carbons (Fsp3) is 0.433. The second kappa shape index (κ2) is 14.1. The summed E-state index contributed by atoms with van der Waals surface area (Å²) in [6.45, 7) is 4.49. The SMILES string of the molecule is COCCN1CCCCCCN(C(=O)c2scnc2C)[C@@H](Cc2ccccc2)COc2ccccc2C1=O. The number of benzene rings is 2. The number of aryl methyl sites for hydroxylation is 1. The van der Waals surface area contributed by atoms with Crippen LogP contribution in [0.25, 0.3) is 0 Å². The number of hydrogen-bond donors (Lipinski definition) is 0. The van der Waals surface area contributed by atoms with Crippen LogP contribution in [0.5, 0.6) is 5.75 Å². The highest BCUT2D eigenvalue weighted by Gasteiger charge is 2.29. The van der Waals surface area contributed by atoms with Gasteiger partial charge in [0, 0.05) is 26.7 Å². The summed E-state index contributed by atoms with van der Waals surface area (Å²) in [5.41, 5.74) is 4.16. The first-order chi connectivity index (χ1) is 18.6. The molecule has 0 spiro atoms. The summed E-state index contributed by atoms with van der Waals surface area (Å²) in [4.78, 5) is 36.2. The predicted molar refractivity (Wildman–Crippen MR) is 150 cm³/mol. The monoisotopic (exact) mass is 535 g/mol. The zero-order valence-electron chi connectivity index (χ0n) is 22.3. The third-order valence-electron chi connectivity index (χ3n) is 6.93. The Morgan fingerprint density at radius 2 is 1.79 bits per heavy atom. The van der Waals surface area contributed by atoms with Crippen LogP contribution in [-0.4, -0.2) is 72.6 Å². The lowest BCUT2D eigenvalue weighted by atomic mass is 10.0. The molecule has 0 fully saturated rings. The van der Waals surface area contributed by atoms with Crippen LogP contribution in [-0.2, 0) is 11.2 Å². The minimum Gasteiger partial charge on any atom is -0.491 e. The maximum Gasteiger partial charge on any atom is 0.266 e. The van der Waals surface area contributed by atoms with Crippen LogP contribution in [0.15, 0.2) is 60.1 Å². The summed E-state index contributed by atoms with van der Waals surface area (Å²) in [5, 5.41) is 0. The van der Waals surface area contributed by atoms with Crippen LogP contribution in [0.1, 0.15) is 57.0 Å². The highest BCUT2D eigenvalue weighted by molar-refractivity contribution is 7.11. The zero-order chi connectivity index (χ0) is 26.7. The van der Waals surface area contributed by atoms with Crippen molar-refractivity contribution >= 4 is 23.2 Å². The summed E-state index contributed by atoms with van der Waals surface area (Å²) in [6, 6.07) is 17.4. The molecule has 1 atom stereocenters. The van der Waals surface area contributed by atoms with Gasteiger partial charge in [0.25, 0.3) is 11.8 Å². The average molecular weight is 536 g/mol. The van der Waals surface area contributed by atoms with Crippen molar-refractivity contribution < 1.29 is 19.1 Å². The van der Waals surface area contributed by atoms with Crippen molar-refractivity contribution in [2.45, 2.75) is 45.1 Å². The van der Waals surface area contributed by atoms with Gasteiger partial charge in [0.2, 0.25) is 0 Å². The number of carbonyl (C=O) groups is 2. The highest BCUT2D eigenvalue weighted by Crippen LogP contribution is 2.24.